The van der Waals surface area contributed by atoms with E-state index in [1.54, 1.807) is 0 Å². The van der Waals surface area contributed by atoms with Crippen LogP contribution in [-0.4, -0.2) is 26.9 Å². The molecule has 1 aromatic heterocycles. The molecule has 2 rings (SSSR count). The first-order valence-electron chi connectivity index (χ1n) is 7.54. The first-order valence-corrected chi connectivity index (χ1v) is 7.54. The van der Waals surface area contributed by atoms with Crippen molar-refractivity contribution < 1.29 is 9.90 Å². The molecule has 0 unspecified atom stereocenters. The Balaban J connectivity index is 2.07. The second kappa shape index (κ2) is 7.22. The summed E-state index contributed by atoms with van der Waals surface area (Å²) in [6.07, 6.45) is 2.56. The van der Waals surface area contributed by atoms with Crippen molar-refractivity contribution in [3.05, 3.63) is 47.8 Å². The minimum atomic E-state index is -0.804. The van der Waals surface area contributed by atoms with Crippen LogP contribution >= 0.6 is 0 Å². The highest BCUT2D eigenvalue weighted by Crippen LogP contribution is 2.13. The number of hydrogen-bond donors (Lipinski definition) is 2. The van der Waals surface area contributed by atoms with E-state index >= 15 is 0 Å². The maximum Gasteiger partial charge on any atom is 0.320 e. The number of aliphatic carboxylic acids is 1. The van der Waals surface area contributed by atoms with E-state index in [1.807, 2.05) is 62.0 Å². The van der Waals surface area contributed by atoms with E-state index in [2.05, 4.69) is 10.4 Å². The predicted octanol–water partition coefficient (Wildman–Crippen LogP) is 2.77. The monoisotopic (exact) mass is 301 g/mol. The molecule has 0 aliphatic rings. The highest BCUT2D eigenvalue weighted by Gasteiger charge is 2.18. The maximum atomic E-state index is 11.3. The predicted molar refractivity (Wildman–Crippen MR) is 86.0 cm³/mol. The van der Waals surface area contributed by atoms with Crippen LogP contribution < -0.4 is 5.32 Å². The topological polar surface area (TPSA) is 67.2 Å². The molecule has 0 bridgehead atoms. The van der Waals surface area contributed by atoms with Crippen LogP contribution in [0.15, 0.2) is 36.5 Å². The molecule has 0 amide bonds. The lowest BCUT2D eigenvalue weighted by molar-refractivity contribution is -0.140. The SMILES string of the molecule is Cc1nn(-c2ccccc2)cc1CN[C@@H](CC(C)C)C(=O)O. The standard InChI is InChI=1S/C17H23N3O2/c1-12(2)9-16(17(21)22)18-10-14-11-20(19-13(14)3)15-7-5-4-6-8-15/h4-8,11-12,16,18H,9-10H2,1-3H3,(H,21,22)/t16-/m0/s1. The van der Waals surface area contributed by atoms with E-state index in [9.17, 15) is 9.90 Å². The molecule has 0 aliphatic heterocycles. The molecule has 2 aromatic rings. The van der Waals surface area contributed by atoms with E-state index in [4.69, 9.17) is 0 Å². The van der Waals surface area contributed by atoms with E-state index in [1.165, 1.54) is 0 Å². The summed E-state index contributed by atoms with van der Waals surface area (Å²) in [7, 11) is 0. The average Bonchev–Trinajstić information content (AvgIpc) is 2.85. The third kappa shape index (κ3) is 4.18. The van der Waals surface area contributed by atoms with Crippen LogP contribution in [-0.2, 0) is 11.3 Å². The van der Waals surface area contributed by atoms with Crippen LogP contribution in [0.1, 0.15) is 31.5 Å². The molecule has 0 aliphatic carbocycles. The molecule has 1 atom stereocenters. The Morgan fingerprint density at radius 3 is 2.59 bits per heavy atom. The van der Waals surface area contributed by atoms with Gasteiger partial charge in [-0.3, -0.25) is 4.79 Å². The molecule has 0 saturated carbocycles. The number of nitrogens with one attached hydrogen (secondary N) is 1. The van der Waals surface area contributed by atoms with Gasteiger partial charge in [-0.25, -0.2) is 4.68 Å². The number of carboxylic acids is 1. The molecule has 2 N–H and O–H groups in total. The first-order chi connectivity index (χ1) is 10.5. The lowest BCUT2D eigenvalue weighted by Gasteiger charge is -2.16. The summed E-state index contributed by atoms with van der Waals surface area (Å²) in [6.45, 7) is 6.49. The smallest absolute Gasteiger partial charge is 0.320 e. The van der Waals surface area contributed by atoms with Gasteiger partial charge in [0, 0.05) is 18.3 Å². The summed E-state index contributed by atoms with van der Waals surface area (Å²) < 4.78 is 1.82. The summed E-state index contributed by atoms with van der Waals surface area (Å²) in [4.78, 5) is 11.3. The fourth-order valence-corrected chi connectivity index (χ4v) is 2.36. The summed E-state index contributed by atoms with van der Waals surface area (Å²) in [6, 6.07) is 9.34. The number of para-hydroxylation sites is 1. The number of benzene rings is 1. The van der Waals surface area contributed by atoms with Crippen molar-refractivity contribution in [3.8, 4) is 5.69 Å². The lowest BCUT2D eigenvalue weighted by Crippen LogP contribution is -2.37. The Morgan fingerprint density at radius 2 is 2.00 bits per heavy atom. The van der Waals surface area contributed by atoms with Crippen molar-refractivity contribution in [3.63, 3.8) is 0 Å². The summed E-state index contributed by atoms with van der Waals surface area (Å²) >= 11 is 0. The van der Waals surface area contributed by atoms with Gasteiger partial charge in [0.15, 0.2) is 0 Å². The number of carboxylic acid groups (broad SMARTS) is 1. The quantitative estimate of drug-likeness (QED) is 0.825. The molecule has 0 fully saturated rings. The molecule has 0 radical (unpaired) electrons. The first kappa shape index (κ1) is 16.2. The molecular formula is C17H23N3O2. The van der Waals surface area contributed by atoms with Crippen LogP contribution in [0, 0.1) is 12.8 Å². The Bertz CT molecular complexity index is 620. The third-order valence-electron chi connectivity index (χ3n) is 3.57. The van der Waals surface area contributed by atoms with Crippen LogP contribution in [0.2, 0.25) is 0 Å². The summed E-state index contributed by atoms with van der Waals surface area (Å²) in [5.74, 6) is -0.469. The Hall–Kier alpha value is -2.14. The van der Waals surface area contributed by atoms with Gasteiger partial charge in [0.05, 0.1) is 11.4 Å². The molecule has 1 heterocycles. The number of carbonyl (C=O) groups is 1. The highest BCUT2D eigenvalue weighted by atomic mass is 16.4. The van der Waals surface area contributed by atoms with Crippen LogP contribution in [0.3, 0.4) is 0 Å². The van der Waals surface area contributed by atoms with Crippen LogP contribution in [0.5, 0.6) is 0 Å². The Morgan fingerprint density at radius 1 is 1.32 bits per heavy atom. The van der Waals surface area contributed by atoms with Crippen molar-refractivity contribution in [2.45, 2.75) is 39.8 Å². The second-order valence-electron chi connectivity index (χ2n) is 5.92. The van der Waals surface area contributed by atoms with E-state index in [0.717, 1.165) is 16.9 Å². The van der Waals surface area contributed by atoms with Gasteiger partial charge < -0.3 is 10.4 Å². The Kier molecular flexibility index (Phi) is 5.33. The zero-order valence-corrected chi connectivity index (χ0v) is 13.3. The molecule has 118 valence electrons. The lowest BCUT2D eigenvalue weighted by atomic mass is 10.0. The van der Waals surface area contributed by atoms with E-state index in [0.29, 0.717) is 18.9 Å². The number of hydrogen-bond acceptors (Lipinski definition) is 3. The van der Waals surface area contributed by atoms with Gasteiger partial charge in [0.1, 0.15) is 6.04 Å². The molecule has 0 saturated heterocycles. The fourth-order valence-electron chi connectivity index (χ4n) is 2.36. The van der Waals surface area contributed by atoms with Gasteiger partial charge >= 0.3 is 5.97 Å². The van der Waals surface area contributed by atoms with Crippen LogP contribution in [0.4, 0.5) is 0 Å². The van der Waals surface area contributed by atoms with Crippen molar-refractivity contribution in [2.75, 3.05) is 0 Å². The normalized spacial score (nSPS) is 12.5. The van der Waals surface area contributed by atoms with Gasteiger partial charge in [-0.2, -0.15) is 5.10 Å². The van der Waals surface area contributed by atoms with Crippen molar-refractivity contribution in [1.29, 1.82) is 0 Å². The maximum absolute atomic E-state index is 11.3. The number of rotatable bonds is 7. The van der Waals surface area contributed by atoms with Crippen LogP contribution in [0.25, 0.3) is 5.69 Å². The van der Waals surface area contributed by atoms with Gasteiger partial charge in [0.2, 0.25) is 0 Å². The number of nitrogens with zero attached hydrogens (tertiary/aromatic N) is 2. The average molecular weight is 301 g/mol. The van der Waals surface area contributed by atoms with Gasteiger partial charge in [-0.1, -0.05) is 32.0 Å². The Labute approximate surface area is 131 Å². The van der Waals surface area contributed by atoms with Crippen molar-refractivity contribution >= 4 is 5.97 Å². The molecule has 0 spiro atoms. The molecule has 5 nitrogen and oxygen atoms in total. The fraction of sp³-hybridized carbons (Fsp3) is 0.412. The van der Waals surface area contributed by atoms with E-state index in [-0.39, 0.29) is 0 Å². The largest absolute Gasteiger partial charge is 0.480 e. The minimum Gasteiger partial charge on any atom is -0.480 e. The molecule has 22 heavy (non-hydrogen) atoms. The molecular weight excluding hydrogens is 278 g/mol. The summed E-state index contributed by atoms with van der Waals surface area (Å²) in [5, 5.41) is 16.9. The summed E-state index contributed by atoms with van der Waals surface area (Å²) in [5.41, 5.74) is 2.91. The molecule has 1 aromatic carbocycles. The third-order valence-corrected chi connectivity index (χ3v) is 3.57. The highest BCUT2D eigenvalue weighted by molar-refractivity contribution is 5.73. The molecule has 5 heteroatoms. The van der Waals surface area contributed by atoms with Gasteiger partial charge in [-0.15, -0.1) is 0 Å². The zero-order chi connectivity index (χ0) is 16.1. The second-order valence-corrected chi connectivity index (χ2v) is 5.92. The van der Waals surface area contributed by atoms with Gasteiger partial charge in [0.25, 0.3) is 0 Å². The number of aryl methyl sites for hydroxylation is 1. The van der Waals surface area contributed by atoms with E-state index < -0.39 is 12.0 Å². The number of aromatic nitrogens is 2. The van der Waals surface area contributed by atoms with Crippen molar-refractivity contribution in [2.24, 2.45) is 5.92 Å². The minimum absolute atomic E-state index is 0.335. The zero-order valence-electron chi connectivity index (χ0n) is 13.3. The van der Waals surface area contributed by atoms with Crippen molar-refractivity contribution in [1.82, 2.24) is 15.1 Å². The van der Waals surface area contributed by atoms with Gasteiger partial charge in [-0.05, 0) is 31.4 Å².